The number of carbonyl (C=O) groups is 3. The highest BCUT2D eigenvalue weighted by Crippen LogP contribution is 2.23. The fourth-order valence-corrected chi connectivity index (χ4v) is 4.60. The van der Waals surface area contributed by atoms with Crippen molar-refractivity contribution in [2.24, 2.45) is 0 Å². The maximum Gasteiger partial charge on any atom is 0.272 e. The molecule has 7 nitrogen and oxygen atoms in total. The summed E-state index contributed by atoms with van der Waals surface area (Å²) in [6, 6.07) is 30.1. The number of ketones is 1. The Labute approximate surface area is 243 Å². The fraction of sp³-hybridized carbons (Fsp3) is 0.121. The van der Waals surface area contributed by atoms with Crippen molar-refractivity contribution in [1.29, 1.82) is 0 Å². The van der Waals surface area contributed by atoms with Gasteiger partial charge in [0.05, 0.1) is 19.5 Å². The highest BCUT2D eigenvalue weighted by Gasteiger charge is 2.15. The zero-order valence-corrected chi connectivity index (χ0v) is 23.6. The van der Waals surface area contributed by atoms with Crippen molar-refractivity contribution in [1.82, 2.24) is 5.32 Å². The first-order valence-corrected chi connectivity index (χ1v) is 14.0. The van der Waals surface area contributed by atoms with Crippen LogP contribution >= 0.6 is 11.8 Å². The summed E-state index contributed by atoms with van der Waals surface area (Å²) in [5.74, 6) is 0.759. The number of carbonyl (C=O) groups excluding carboxylic acids is 3. The predicted octanol–water partition coefficient (Wildman–Crippen LogP) is 6.48. The molecule has 4 aromatic rings. The molecule has 8 heteroatoms. The Bertz CT molecular complexity index is 1520. The molecule has 0 fully saturated rings. The van der Waals surface area contributed by atoms with Crippen LogP contribution in [0.4, 0.5) is 5.69 Å². The number of ether oxygens (including phenoxy) is 2. The first-order chi connectivity index (χ1) is 19.9. The summed E-state index contributed by atoms with van der Waals surface area (Å²) in [4.78, 5) is 39.6. The molecule has 0 radical (unpaired) electrons. The Morgan fingerprint density at radius 3 is 2.22 bits per heavy atom. The molecule has 4 aromatic carbocycles. The average molecular weight is 567 g/mol. The largest absolute Gasteiger partial charge is 0.497 e. The Hall–Kier alpha value is -4.82. The molecule has 0 aliphatic rings. The molecule has 4 rings (SSSR count). The second-order valence-corrected chi connectivity index (χ2v) is 9.85. The van der Waals surface area contributed by atoms with Crippen LogP contribution in [0.25, 0.3) is 6.08 Å². The molecule has 0 aliphatic heterocycles. The van der Waals surface area contributed by atoms with Crippen molar-refractivity contribution >= 4 is 41.1 Å². The van der Waals surface area contributed by atoms with Crippen molar-refractivity contribution in [2.75, 3.05) is 24.8 Å². The molecule has 0 aliphatic carbocycles. The maximum atomic E-state index is 13.3. The minimum Gasteiger partial charge on any atom is -0.497 e. The van der Waals surface area contributed by atoms with Crippen molar-refractivity contribution in [3.8, 4) is 11.5 Å². The topological polar surface area (TPSA) is 93.7 Å². The van der Waals surface area contributed by atoms with Crippen molar-refractivity contribution in [3.63, 3.8) is 0 Å². The van der Waals surface area contributed by atoms with Gasteiger partial charge in [-0.3, -0.25) is 14.4 Å². The minimum absolute atomic E-state index is 0.0110. The summed E-state index contributed by atoms with van der Waals surface area (Å²) in [5, 5.41) is 5.57. The van der Waals surface area contributed by atoms with Gasteiger partial charge in [-0.05, 0) is 91.4 Å². The number of hydrogen-bond donors (Lipinski definition) is 2. The van der Waals surface area contributed by atoms with Gasteiger partial charge in [-0.25, -0.2) is 0 Å². The Balaban J connectivity index is 1.42. The third-order valence-corrected chi connectivity index (χ3v) is 6.92. The third-order valence-electron chi connectivity index (χ3n) is 5.90. The SMILES string of the molecule is CCOc1ccc(C(=O)CSc2ccc(NC(=O)/C(=C/c3cccc(OC)c3)NC(=O)c3ccccc3)cc2)cc1. The van der Waals surface area contributed by atoms with Gasteiger partial charge in [-0.15, -0.1) is 11.8 Å². The Morgan fingerprint density at radius 1 is 0.805 bits per heavy atom. The van der Waals surface area contributed by atoms with Crippen LogP contribution < -0.4 is 20.1 Å². The van der Waals surface area contributed by atoms with E-state index < -0.39 is 11.8 Å². The van der Waals surface area contributed by atoms with E-state index in [9.17, 15) is 14.4 Å². The van der Waals surface area contributed by atoms with E-state index in [1.54, 1.807) is 92.0 Å². The van der Waals surface area contributed by atoms with E-state index >= 15 is 0 Å². The van der Waals surface area contributed by atoms with Gasteiger partial charge in [0.15, 0.2) is 5.78 Å². The van der Waals surface area contributed by atoms with Crippen LogP contribution in [0.1, 0.15) is 33.2 Å². The van der Waals surface area contributed by atoms with Gasteiger partial charge in [0, 0.05) is 21.7 Å². The lowest BCUT2D eigenvalue weighted by atomic mass is 10.1. The van der Waals surface area contributed by atoms with E-state index in [1.165, 1.54) is 11.8 Å². The van der Waals surface area contributed by atoms with Crippen molar-refractivity contribution < 1.29 is 23.9 Å². The summed E-state index contributed by atoms with van der Waals surface area (Å²) < 4.78 is 10.7. The molecular formula is C33H30N2O5S. The van der Waals surface area contributed by atoms with Gasteiger partial charge in [0.1, 0.15) is 17.2 Å². The van der Waals surface area contributed by atoms with Crippen molar-refractivity contribution in [2.45, 2.75) is 11.8 Å². The molecule has 0 saturated heterocycles. The molecule has 0 bridgehead atoms. The van der Waals surface area contributed by atoms with E-state index in [-0.39, 0.29) is 17.2 Å². The second-order valence-electron chi connectivity index (χ2n) is 8.80. The van der Waals surface area contributed by atoms with E-state index in [2.05, 4.69) is 10.6 Å². The van der Waals surface area contributed by atoms with Gasteiger partial charge in [0.2, 0.25) is 0 Å². The number of nitrogens with one attached hydrogen (secondary N) is 2. The quantitative estimate of drug-likeness (QED) is 0.116. The highest BCUT2D eigenvalue weighted by molar-refractivity contribution is 8.00. The molecule has 0 atom stereocenters. The molecule has 2 N–H and O–H groups in total. The number of rotatable bonds is 12. The average Bonchev–Trinajstić information content (AvgIpc) is 3.01. The Morgan fingerprint density at radius 2 is 1.54 bits per heavy atom. The smallest absolute Gasteiger partial charge is 0.272 e. The lowest BCUT2D eigenvalue weighted by molar-refractivity contribution is -0.113. The van der Waals surface area contributed by atoms with Crippen LogP contribution in [-0.4, -0.2) is 37.1 Å². The van der Waals surface area contributed by atoms with Gasteiger partial charge >= 0.3 is 0 Å². The van der Waals surface area contributed by atoms with Crippen LogP contribution in [0.5, 0.6) is 11.5 Å². The van der Waals surface area contributed by atoms with Gasteiger partial charge < -0.3 is 20.1 Å². The number of anilines is 1. The summed E-state index contributed by atoms with van der Waals surface area (Å²) in [6.45, 7) is 2.48. The number of hydrogen-bond acceptors (Lipinski definition) is 6. The normalized spacial score (nSPS) is 10.9. The molecule has 0 heterocycles. The monoisotopic (exact) mass is 566 g/mol. The van der Waals surface area contributed by atoms with Crippen LogP contribution in [0.15, 0.2) is 114 Å². The lowest BCUT2D eigenvalue weighted by Crippen LogP contribution is -2.30. The fourth-order valence-electron chi connectivity index (χ4n) is 3.81. The second kappa shape index (κ2) is 14.5. The zero-order valence-electron chi connectivity index (χ0n) is 22.8. The molecule has 0 spiro atoms. The minimum atomic E-state index is -0.483. The van der Waals surface area contributed by atoms with Crippen LogP contribution in [0.2, 0.25) is 0 Å². The van der Waals surface area contributed by atoms with Crippen LogP contribution in [0.3, 0.4) is 0 Å². The summed E-state index contributed by atoms with van der Waals surface area (Å²) in [6.07, 6.45) is 1.59. The van der Waals surface area contributed by atoms with E-state index in [1.807, 2.05) is 31.2 Å². The number of amides is 2. The van der Waals surface area contributed by atoms with Crippen molar-refractivity contribution in [3.05, 3.63) is 126 Å². The van der Waals surface area contributed by atoms with E-state index in [0.717, 1.165) is 10.6 Å². The first kappa shape index (κ1) is 29.2. The summed E-state index contributed by atoms with van der Waals surface area (Å²) >= 11 is 1.41. The van der Waals surface area contributed by atoms with Gasteiger partial charge in [-0.1, -0.05) is 30.3 Å². The zero-order chi connectivity index (χ0) is 29.0. The number of Topliss-reactive ketones (excluding diaryl/α,β-unsaturated/α-hetero) is 1. The summed E-state index contributed by atoms with van der Waals surface area (Å²) in [5.41, 5.74) is 2.36. The molecule has 0 aromatic heterocycles. The number of thioether (sulfide) groups is 1. The van der Waals surface area contributed by atoms with Gasteiger partial charge in [0.25, 0.3) is 11.8 Å². The Kier molecular flexibility index (Phi) is 10.3. The number of methoxy groups -OCH3 is 1. The molecule has 2 amide bonds. The van der Waals surface area contributed by atoms with Crippen LogP contribution in [0, 0.1) is 0 Å². The van der Waals surface area contributed by atoms with Crippen LogP contribution in [-0.2, 0) is 4.79 Å². The molecule has 208 valence electrons. The van der Waals surface area contributed by atoms with E-state index in [4.69, 9.17) is 9.47 Å². The molecule has 0 saturated carbocycles. The predicted molar refractivity (Wildman–Crippen MR) is 163 cm³/mol. The molecular weight excluding hydrogens is 536 g/mol. The third kappa shape index (κ3) is 8.58. The summed E-state index contributed by atoms with van der Waals surface area (Å²) in [7, 11) is 1.56. The molecule has 0 unspecified atom stereocenters. The highest BCUT2D eigenvalue weighted by atomic mass is 32.2. The lowest BCUT2D eigenvalue weighted by Gasteiger charge is -2.12. The first-order valence-electron chi connectivity index (χ1n) is 13.0. The van der Waals surface area contributed by atoms with Gasteiger partial charge in [-0.2, -0.15) is 0 Å². The van der Waals surface area contributed by atoms with E-state index in [0.29, 0.717) is 34.7 Å². The maximum absolute atomic E-state index is 13.3. The molecule has 41 heavy (non-hydrogen) atoms. The number of benzene rings is 4. The standard InChI is InChI=1S/C33H30N2O5S/c1-3-40-27-16-12-24(13-17-27)31(36)22-41-29-18-14-26(15-19-29)34-33(38)30(21-23-8-7-11-28(20-23)39-2)35-32(37)25-9-5-4-6-10-25/h4-21H,3,22H2,1-2H3,(H,34,38)(H,35,37)/b30-21-.